The van der Waals surface area contributed by atoms with Crippen LogP contribution in [0.2, 0.25) is 0 Å². The number of hydrogen-bond acceptors (Lipinski definition) is 2. The molecule has 0 amide bonds. The second-order valence-electron chi connectivity index (χ2n) is 4.57. The van der Waals surface area contributed by atoms with Crippen molar-refractivity contribution in [2.45, 2.75) is 22.4 Å². The Kier molecular flexibility index (Phi) is 3.25. The molecule has 0 aliphatic carbocycles. The van der Waals surface area contributed by atoms with E-state index in [4.69, 9.17) is 5.73 Å². The number of anilines is 1. The van der Waals surface area contributed by atoms with Gasteiger partial charge in [0.05, 0.1) is 5.56 Å². The minimum Gasteiger partial charge on any atom is -0.398 e. The fourth-order valence-corrected chi connectivity index (χ4v) is 3.90. The predicted octanol–water partition coefficient (Wildman–Crippen LogP) is 5.11. The molecule has 0 aromatic heterocycles. The van der Waals surface area contributed by atoms with Crippen LogP contribution in [0, 0.1) is 0 Å². The van der Waals surface area contributed by atoms with Crippen molar-refractivity contribution in [2.24, 2.45) is 0 Å². The number of rotatable bonds is 0. The van der Waals surface area contributed by atoms with Crippen molar-refractivity contribution >= 4 is 33.4 Å². The van der Waals surface area contributed by atoms with Gasteiger partial charge in [-0.3, -0.25) is 0 Å². The summed E-state index contributed by atoms with van der Waals surface area (Å²) in [5, 5.41) is 0. The first-order chi connectivity index (χ1) is 9.34. The summed E-state index contributed by atoms with van der Waals surface area (Å²) in [5.74, 6) is 0. The summed E-state index contributed by atoms with van der Waals surface area (Å²) in [6, 6.07) is 8.00. The number of fused-ring (bicyclic) bond motifs is 2. The highest BCUT2D eigenvalue weighted by Gasteiger charge is 2.33. The molecule has 0 atom stereocenters. The Hall–Kier alpha value is -1.14. The van der Waals surface area contributed by atoms with Crippen LogP contribution in [-0.2, 0) is 12.6 Å². The Morgan fingerprint density at radius 3 is 2.55 bits per heavy atom. The molecule has 2 aromatic carbocycles. The summed E-state index contributed by atoms with van der Waals surface area (Å²) in [4.78, 5) is 1.55. The van der Waals surface area contributed by atoms with Gasteiger partial charge in [-0.2, -0.15) is 13.2 Å². The fourth-order valence-electron chi connectivity index (χ4n) is 2.19. The monoisotopic (exact) mass is 359 g/mol. The SMILES string of the molecule is Nc1cc(C(F)(F)F)cc2c1Cc1ccc(Br)cc1S2. The maximum Gasteiger partial charge on any atom is 0.416 e. The maximum atomic E-state index is 12.8. The molecule has 1 aliphatic rings. The Labute approximate surface area is 126 Å². The summed E-state index contributed by atoms with van der Waals surface area (Å²) >= 11 is 4.70. The lowest BCUT2D eigenvalue weighted by Gasteiger charge is -2.22. The lowest BCUT2D eigenvalue weighted by Crippen LogP contribution is -2.10. The first-order valence-electron chi connectivity index (χ1n) is 5.80. The van der Waals surface area contributed by atoms with E-state index < -0.39 is 11.7 Å². The molecule has 6 heteroatoms. The van der Waals surface area contributed by atoms with Crippen LogP contribution in [0.15, 0.2) is 44.6 Å². The van der Waals surface area contributed by atoms with E-state index in [9.17, 15) is 13.2 Å². The first kappa shape index (κ1) is 13.8. The number of halogens is 4. The molecule has 0 fully saturated rings. The highest BCUT2D eigenvalue weighted by molar-refractivity contribution is 9.10. The van der Waals surface area contributed by atoms with E-state index in [0.29, 0.717) is 11.3 Å². The number of alkyl halides is 3. The molecule has 0 radical (unpaired) electrons. The third-order valence-corrected chi connectivity index (χ3v) is 4.86. The van der Waals surface area contributed by atoms with E-state index in [1.807, 2.05) is 18.2 Å². The molecule has 0 unspecified atom stereocenters. The molecule has 1 nitrogen and oxygen atoms in total. The number of benzene rings is 2. The molecule has 1 aliphatic heterocycles. The Balaban J connectivity index is 2.10. The second-order valence-corrected chi connectivity index (χ2v) is 6.57. The molecule has 0 bridgehead atoms. The zero-order chi connectivity index (χ0) is 14.5. The third-order valence-electron chi connectivity index (χ3n) is 3.19. The van der Waals surface area contributed by atoms with Gasteiger partial charge in [0.2, 0.25) is 0 Å². The molecule has 2 N–H and O–H groups in total. The zero-order valence-electron chi connectivity index (χ0n) is 10.1. The van der Waals surface area contributed by atoms with Gasteiger partial charge in [-0.15, -0.1) is 0 Å². The van der Waals surface area contributed by atoms with Crippen LogP contribution in [0.5, 0.6) is 0 Å². The molecule has 0 saturated heterocycles. The van der Waals surface area contributed by atoms with E-state index in [1.54, 1.807) is 0 Å². The predicted molar refractivity (Wildman–Crippen MR) is 76.9 cm³/mol. The number of nitrogen functional groups attached to an aromatic ring is 1. The van der Waals surface area contributed by atoms with E-state index in [2.05, 4.69) is 15.9 Å². The van der Waals surface area contributed by atoms with E-state index >= 15 is 0 Å². The Bertz CT molecular complexity index is 698. The van der Waals surface area contributed by atoms with Crippen molar-refractivity contribution < 1.29 is 13.2 Å². The zero-order valence-corrected chi connectivity index (χ0v) is 12.5. The fraction of sp³-hybridized carbons (Fsp3) is 0.143. The Morgan fingerprint density at radius 1 is 1.10 bits per heavy atom. The highest BCUT2D eigenvalue weighted by Crippen LogP contribution is 2.45. The van der Waals surface area contributed by atoms with Crippen molar-refractivity contribution in [2.75, 3.05) is 5.73 Å². The summed E-state index contributed by atoms with van der Waals surface area (Å²) in [6.07, 6.45) is -3.81. The van der Waals surface area contributed by atoms with Gasteiger partial charge in [0, 0.05) is 26.4 Å². The number of nitrogens with two attached hydrogens (primary N) is 1. The molecule has 3 rings (SSSR count). The van der Waals surface area contributed by atoms with Crippen LogP contribution >= 0.6 is 27.7 Å². The quantitative estimate of drug-likeness (QED) is 0.564. The van der Waals surface area contributed by atoms with Gasteiger partial charge in [-0.05, 0) is 35.4 Å². The minimum absolute atomic E-state index is 0.205. The standard InChI is InChI=1S/C14H9BrF3NS/c15-9-2-1-7-3-10-11(19)4-8(14(16,17)18)5-13(10)20-12(7)6-9/h1-2,4-6H,3,19H2. The van der Waals surface area contributed by atoms with Crippen molar-refractivity contribution in [1.82, 2.24) is 0 Å². The molecule has 1 heterocycles. The van der Waals surface area contributed by atoms with E-state index in [-0.39, 0.29) is 5.69 Å². The van der Waals surface area contributed by atoms with Crippen molar-refractivity contribution in [3.05, 3.63) is 51.5 Å². The van der Waals surface area contributed by atoms with E-state index in [1.165, 1.54) is 17.8 Å². The van der Waals surface area contributed by atoms with Gasteiger partial charge in [-0.1, -0.05) is 33.8 Å². The highest BCUT2D eigenvalue weighted by atomic mass is 79.9. The van der Waals surface area contributed by atoms with Crippen LogP contribution in [0.4, 0.5) is 18.9 Å². The molecule has 0 spiro atoms. The largest absolute Gasteiger partial charge is 0.416 e. The summed E-state index contributed by atoms with van der Waals surface area (Å²) in [6.45, 7) is 0. The van der Waals surface area contributed by atoms with Crippen LogP contribution < -0.4 is 5.73 Å². The van der Waals surface area contributed by atoms with Gasteiger partial charge >= 0.3 is 6.18 Å². The van der Waals surface area contributed by atoms with Crippen LogP contribution in [0.3, 0.4) is 0 Å². The molecular weight excluding hydrogens is 351 g/mol. The van der Waals surface area contributed by atoms with Gasteiger partial charge < -0.3 is 5.73 Å². The van der Waals surface area contributed by atoms with Crippen LogP contribution in [0.1, 0.15) is 16.7 Å². The average Bonchev–Trinajstić information content (AvgIpc) is 2.35. The van der Waals surface area contributed by atoms with Crippen LogP contribution in [-0.4, -0.2) is 0 Å². The number of hydrogen-bond donors (Lipinski definition) is 1. The van der Waals surface area contributed by atoms with Crippen molar-refractivity contribution in [1.29, 1.82) is 0 Å². The lowest BCUT2D eigenvalue weighted by molar-refractivity contribution is -0.137. The molecule has 20 heavy (non-hydrogen) atoms. The first-order valence-corrected chi connectivity index (χ1v) is 7.41. The van der Waals surface area contributed by atoms with Gasteiger partial charge in [-0.25, -0.2) is 0 Å². The van der Waals surface area contributed by atoms with E-state index in [0.717, 1.165) is 26.6 Å². The second kappa shape index (κ2) is 4.70. The summed E-state index contributed by atoms with van der Waals surface area (Å²) in [5.41, 5.74) is 7.17. The van der Waals surface area contributed by atoms with Gasteiger partial charge in [0.15, 0.2) is 0 Å². The molecular formula is C14H9BrF3NS. The summed E-state index contributed by atoms with van der Waals surface area (Å²) in [7, 11) is 0. The molecule has 2 aromatic rings. The normalized spacial score (nSPS) is 13.8. The smallest absolute Gasteiger partial charge is 0.398 e. The summed E-state index contributed by atoms with van der Waals surface area (Å²) < 4.78 is 39.4. The van der Waals surface area contributed by atoms with Crippen LogP contribution in [0.25, 0.3) is 0 Å². The van der Waals surface area contributed by atoms with Gasteiger partial charge in [0.1, 0.15) is 0 Å². The van der Waals surface area contributed by atoms with Crippen molar-refractivity contribution in [3.8, 4) is 0 Å². The molecule has 104 valence electrons. The maximum absolute atomic E-state index is 12.8. The third kappa shape index (κ3) is 2.42. The molecule has 0 saturated carbocycles. The Morgan fingerprint density at radius 2 is 1.85 bits per heavy atom. The van der Waals surface area contributed by atoms with Gasteiger partial charge in [0.25, 0.3) is 0 Å². The van der Waals surface area contributed by atoms with Crippen molar-refractivity contribution in [3.63, 3.8) is 0 Å². The average molecular weight is 360 g/mol. The topological polar surface area (TPSA) is 26.0 Å². The lowest BCUT2D eigenvalue weighted by atomic mass is 10.0. The minimum atomic E-state index is -4.37.